The van der Waals surface area contributed by atoms with Gasteiger partial charge in [-0.1, -0.05) is 38.3 Å². The molecule has 1 saturated heterocycles. The van der Waals surface area contributed by atoms with Gasteiger partial charge in [0.05, 0.1) is 0 Å². The van der Waals surface area contributed by atoms with Gasteiger partial charge in [-0.05, 0) is 44.0 Å². The number of benzene rings is 1. The molecule has 0 spiro atoms. The summed E-state index contributed by atoms with van der Waals surface area (Å²) in [5.41, 5.74) is 1.41. The molecular formula is C22H35N3O2. The van der Waals surface area contributed by atoms with Gasteiger partial charge in [-0.2, -0.15) is 0 Å². The lowest BCUT2D eigenvalue weighted by atomic mass is 9.79. The van der Waals surface area contributed by atoms with Crippen LogP contribution in [0.3, 0.4) is 0 Å². The van der Waals surface area contributed by atoms with Crippen LogP contribution in [0.2, 0.25) is 0 Å². The second kappa shape index (κ2) is 9.56. The molecule has 1 aromatic rings. The zero-order chi connectivity index (χ0) is 19.1. The molecule has 3 rings (SSSR count). The maximum atomic E-state index is 12.4. The van der Waals surface area contributed by atoms with Gasteiger partial charge in [0.15, 0.2) is 6.61 Å². The Morgan fingerprint density at radius 2 is 1.74 bits per heavy atom. The summed E-state index contributed by atoms with van der Waals surface area (Å²) in [4.78, 5) is 17.4. The van der Waals surface area contributed by atoms with E-state index in [1.54, 1.807) is 0 Å². The topological polar surface area (TPSA) is 44.8 Å². The van der Waals surface area contributed by atoms with Crippen molar-refractivity contribution < 1.29 is 9.53 Å². The molecule has 0 atom stereocenters. The third kappa shape index (κ3) is 5.45. The molecule has 1 heterocycles. The van der Waals surface area contributed by atoms with Crippen LogP contribution in [0.15, 0.2) is 24.3 Å². The van der Waals surface area contributed by atoms with Gasteiger partial charge in [0.2, 0.25) is 0 Å². The number of hydrogen-bond acceptors (Lipinski definition) is 4. The normalized spacial score (nSPS) is 21.0. The summed E-state index contributed by atoms with van der Waals surface area (Å²) in [6.07, 6.45) is 7.24. The van der Waals surface area contributed by atoms with E-state index in [2.05, 4.69) is 41.2 Å². The van der Waals surface area contributed by atoms with Crippen LogP contribution in [0.25, 0.3) is 0 Å². The Kier molecular flexibility index (Phi) is 7.13. The molecule has 1 aliphatic carbocycles. The maximum Gasteiger partial charge on any atom is 0.258 e. The van der Waals surface area contributed by atoms with E-state index in [1.807, 2.05) is 12.1 Å². The maximum absolute atomic E-state index is 12.4. The van der Waals surface area contributed by atoms with Crippen LogP contribution in [0, 0.1) is 0 Å². The lowest BCUT2D eigenvalue weighted by Crippen LogP contribution is -2.61. The first-order valence-corrected chi connectivity index (χ1v) is 10.5. The molecule has 27 heavy (non-hydrogen) atoms. The van der Waals surface area contributed by atoms with Crippen molar-refractivity contribution in [3.63, 3.8) is 0 Å². The van der Waals surface area contributed by atoms with E-state index in [0.717, 1.165) is 44.9 Å². The average Bonchev–Trinajstić information content (AvgIpc) is 2.72. The molecular weight excluding hydrogens is 338 g/mol. The summed E-state index contributed by atoms with van der Waals surface area (Å²) in [5.74, 6) is 0.738. The average molecular weight is 374 g/mol. The summed E-state index contributed by atoms with van der Waals surface area (Å²) >= 11 is 0. The Labute approximate surface area is 164 Å². The molecule has 0 bridgehead atoms. The largest absolute Gasteiger partial charge is 0.484 e. The van der Waals surface area contributed by atoms with Gasteiger partial charge < -0.3 is 15.0 Å². The number of nitrogens with one attached hydrogen (secondary N) is 1. The molecule has 1 saturated carbocycles. The van der Waals surface area contributed by atoms with Crippen molar-refractivity contribution in [2.24, 2.45) is 0 Å². The van der Waals surface area contributed by atoms with Crippen molar-refractivity contribution in [1.29, 1.82) is 0 Å². The second-order valence-electron chi connectivity index (χ2n) is 8.14. The Balaban J connectivity index is 1.51. The summed E-state index contributed by atoms with van der Waals surface area (Å²) in [7, 11) is 2.19. The molecule has 5 nitrogen and oxygen atoms in total. The van der Waals surface area contributed by atoms with Crippen LogP contribution in [0.4, 0.5) is 0 Å². The van der Waals surface area contributed by atoms with Crippen molar-refractivity contribution in [2.45, 2.75) is 51.0 Å². The summed E-state index contributed by atoms with van der Waals surface area (Å²) in [6, 6.07) is 7.99. The molecule has 2 aliphatic rings. The minimum atomic E-state index is -0.0198. The van der Waals surface area contributed by atoms with Gasteiger partial charge in [-0.15, -0.1) is 0 Å². The SMILES string of the molecule is CCc1ccc(OCC(=O)NCC2(N3CCN(C)CC3)CCCCC2)cc1. The third-order valence-electron chi connectivity index (χ3n) is 6.27. The molecule has 0 radical (unpaired) electrons. The van der Waals surface area contributed by atoms with Crippen molar-refractivity contribution in [1.82, 2.24) is 15.1 Å². The molecule has 150 valence electrons. The number of nitrogens with zero attached hydrogens (tertiary/aromatic N) is 2. The Hall–Kier alpha value is -1.59. The highest BCUT2D eigenvalue weighted by Gasteiger charge is 2.39. The predicted molar refractivity (Wildman–Crippen MR) is 109 cm³/mol. The molecule has 0 aromatic heterocycles. The molecule has 1 aromatic carbocycles. The summed E-state index contributed by atoms with van der Waals surface area (Å²) < 4.78 is 5.67. The first-order valence-electron chi connectivity index (χ1n) is 10.5. The molecule has 2 fully saturated rings. The quantitative estimate of drug-likeness (QED) is 0.798. The van der Waals surface area contributed by atoms with Gasteiger partial charge in [-0.3, -0.25) is 9.69 Å². The lowest BCUT2D eigenvalue weighted by molar-refractivity contribution is -0.124. The summed E-state index contributed by atoms with van der Waals surface area (Å²) in [5, 5.41) is 3.18. The van der Waals surface area contributed by atoms with Crippen molar-refractivity contribution in [2.75, 3.05) is 46.4 Å². The number of hydrogen-bond donors (Lipinski definition) is 1. The zero-order valence-electron chi connectivity index (χ0n) is 17.0. The number of likely N-dealkylation sites (N-methyl/N-ethyl adjacent to an activating group) is 1. The van der Waals surface area contributed by atoms with Gasteiger partial charge in [0, 0.05) is 38.3 Å². The lowest BCUT2D eigenvalue weighted by Gasteiger charge is -2.49. The van der Waals surface area contributed by atoms with Crippen molar-refractivity contribution in [3.8, 4) is 5.75 Å². The van der Waals surface area contributed by atoms with Crippen LogP contribution in [-0.4, -0.2) is 67.6 Å². The molecule has 5 heteroatoms. The molecule has 1 aliphatic heterocycles. The van der Waals surface area contributed by atoms with Crippen LogP contribution in [0.1, 0.15) is 44.6 Å². The predicted octanol–water partition coefficient (Wildman–Crippen LogP) is 2.69. The molecule has 0 unspecified atom stereocenters. The molecule has 1 N–H and O–H groups in total. The van der Waals surface area contributed by atoms with Crippen LogP contribution in [0.5, 0.6) is 5.75 Å². The number of piperazine rings is 1. The zero-order valence-corrected chi connectivity index (χ0v) is 17.0. The number of amides is 1. The van der Waals surface area contributed by atoms with Gasteiger partial charge in [-0.25, -0.2) is 0 Å². The number of rotatable bonds is 7. The monoisotopic (exact) mass is 373 g/mol. The number of aryl methyl sites for hydroxylation is 1. The number of ether oxygens (including phenoxy) is 1. The van der Waals surface area contributed by atoms with Gasteiger partial charge in [0.25, 0.3) is 5.91 Å². The minimum Gasteiger partial charge on any atom is -0.484 e. The van der Waals surface area contributed by atoms with Gasteiger partial charge >= 0.3 is 0 Å². The van der Waals surface area contributed by atoms with Crippen LogP contribution >= 0.6 is 0 Å². The Morgan fingerprint density at radius 3 is 2.37 bits per heavy atom. The highest BCUT2D eigenvalue weighted by atomic mass is 16.5. The van der Waals surface area contributed by atoms with Crippen LogP contribution in [-0.2, 0) is 11.2 Å². The van der Waals surface area contributed by atoms with E-state index in [-0.39, 0.29) is 18.1 Å². The fourth-order valence-corrected chi connectivity index (χ4v) is 4.38. The van der Waals surface area contributed by atoms with E-state index in [4.69, 9.17) is 4.74 Å². The fourth-order valence-electron chi connectivity index (χ4n) is 4.38. The number of carbonyl (C=O) groups excluding carboxylic acids is 1. The Bertz CT molecular complexity index is 588. The van der Waals surface area contributed by atoms with E-state index < -0.39 is 0 Å². The second-order valence-corrected chi connectivity index (χ2v) is 8.14. The van der Waals surface area contributed by atoms with Crippen molar-refractivity contribution >= 4 is 5.91 Å². The summed E-state index contributed by atoms with van der Waals surface area (Å²) in [6.45, 7) is 7.40. The first kappa shape index (κ1) is 20.2. The minimum absolute atomic E-state index is 0.0198. The fraction of sp³-hybridized carbons (Fsp3) is 0.682. The van der Waals surface area contributed by atoms with E-state index in [9.17, 15) is 4.79 Å². The highest BCUT2D eigenvalue weighted by molar-refractivity contribution is 5.77. The van der Waals surface area contributed by atoms with E-state index in [1.165, 1.54) is 37.7 Å². The molecule has 1 amide bonds. The van der Waals surface area contributed by atoms with Crippen molar-refractivity contribution in [3.05, 3.63) is 29.8 Å². The first-order chi connectivity index (χ1) is 13.1. The highest BCUT2D eigenvalue weighted by Crippen LogP contribution is 2.34. The van der Waals surface area contributed by atoms with E-state index in [0.29, 0.717) is 0 Å². The standard InChI is InChI=1S/C22H35N3O2/c1-3-19-7-9-20(10-8-19)27-17-21(26)23-18-22(11-5-4-6-12-22)25-15-13-24(2)14-16-25/h7-10H,3-6,11-18H2,1-2H3,(H,23,26). The van der Waals surface area contributed by atoms with Crippen LogP contribution < -0.4 is 10.1 Å². The Morgan fingerprint density at radius 1 is 1.07 bits per heavy atom. The van der Waals surface area contributed by atoms with E-state index >= 15 is 0 Å². The smallest absolute Gasteiger partial charge is 0.258 e. The third-order valence-corrected chi connectivity index (χ3v) is 6.27. The number of carbonyl (C=O) groups is 1. The van der Waals surface area contributed by atoms with Gasteiger partial charge in [0.1, 0.15) is 5.75 Å².